The van der Waals surface area contributed by atoms with Gasteiger partial charge >= 0.3 is 0 Å². The monoisotopic (exact) mass is 388 g/mol. The third-order valence-electron chi connectivity index (χ3n) is 6.25. The molecule has 1 fully saturated rings. The summed E-state index contributed by atoms with van der Waals surface area (Å²) in [4.78, 5) is 11.7. The van der Waals surface area contributed by atoms with Crippen molar-refractivity contribution in [3.05, 3.63) is 78.9 Å². The number of anilines is 3. The molecule has 3 rings (SSSR count). The lowest BCUT2D eigenvalue weighted by Crippen LogP contribution is -2.33. The van der Waals surface area contributed by atoms with Crippen molar-refractivity contribution < 1.29 is 4.79 Å². The normalized spacial score (nSPS) is 21.4. The van der Waals surface area contributed by atoms with Gasteiger partial charge in [0.05, 0.1) is 11.4 Å². The summed E-state index contributed by atoms with van der Waals surface area (Å²) < 4.78 is 0. The van der Waals surface area contributed by atoms with Gasteiger partial charge in [-0.1, -0.05) is 63.3 Å². The maximum Gasteiger partial charge on any atom is 0.247 e. The standard InChI is InChI=1S/C26H32N2O/c1-5-20-16-19(4)17-26(7-3,18-20)21-12-14-22(15-13-21)27-23-10-8-9-11-24(23)28-25(29)6-2/h6,8-15,20,27H,2,4-5,7,16-18H2,1,3H3,(H,28,29). The molecule has 2 atom stereocenters. The second kappa shape index (κ2) is 9.13. The van der Waals surface area contributed by atoms with E-state index in [1.807, 2.05) is 24.3 Å². The van der Waals surface area contributed by atoms with Gasteiger partial charge in [-0.15, -0.1) is 0 Å². The summed E-state index contributed by atoms with van der Waals surface area (Å²) in [5.74, 6) is 0.511. The van der Waals surface area contributed by atoms with E-state index in [-0.39, 0.29) is 11.3 Å². The number of rotatable bonds is 7. The van der Waals surface area contributed by atoms with Crippen molar-refractivity contribution in [2.75, 3.05) is 10.6 Å². The summed E-state index contributed by atoms with van der Waals surface area (Å²) in [6, 6.07) is 16.5. The second-order valence-electron chi connectivity index (χ2n) is 8.18. The van der Waals surface area contributed by atoms with Crippen LogP contribution in [0.1, 0.15) is 51.5 Å². The summed E-state index contributed by atoms with van der Waals surface area (Å²) >= 11 is 0. The van der Waals surface area contributed by atoms with Crippen LogP contribution in [0.5, 0.6) is 0 Å². The first-order valence-electron chi connectivity index (χ1n) is 10.6. The Morgan fingerprint density at radius 3 is 2.45 bits per heavy atom. The van der Waals surface area contributed by atoms with Crippen LogP contribution in [0.3, 0.4) is 0 Å². The first kappa shape index (κ1) is 20.9. The van der Waals surface area contributed by atoms with Gasteiger partial charge in [0.1, 0.15) is 0 Å². The van der Waals surface area contributed by atoms with Gasteiger partial charge in [-0.3, -0.25) is 4.79 Å². The zero-order valence-electron chi connectivity index (χ0n) is 17.6. The van der Waals surface area contributed by atoms with Gasteiger partial charge in [-0.2, -0.15) is 0 Å². The number of carbonyl (C=O) groups excluding carboxylic acids is 1. The Labute approximate surface area is 174 Å². The summed E-state index contributed by atoms with van der Waals surface area (Å²) in [7, 11) is 0. The van der Waals surface area contributed by atoms with Gasteiger partial charge in [-0.25, -0.2) is 0 Å². The topological polar surface area (TPSA) is 41.1 Å². The van der Waals surface area contributed by atoms with Gasteiger partial charge in [-0.05, 0) is 72.9 Å². The van der Waals surface area contributed by atoms with Gasteiger partial charge in [0, 0.05) is 5.69 Å². The van der Waals surface area contributed by atoms with Crippen molar-refractivity contribution in [3.63, 3.8) is 0 Å². The predicted octanol–water partition coefficient (Wildman–Crippen LogP) is 6.97. The minimum Gasteiger partial charge on any atom is -0.354 e. The molecule has 0 aliphatic heterocycles. The highest BCUT2D eigenvalue weighted by molar-refractivity contribution is 6.01. The van der Waals surface area contributed by atoms with Crippen LogP contribution in [0.15, 0.2) is 73.3 Å². The van der Waals surface area contributed by atoms with E-state index in [1.165, 1.54) is 36.5 Å². The first-order chi connectivity index (χ1) is 14.0. The molecular weight excluding hydrogens is 356 g/mol. The second-order valence-corrected chi connectivity index (χ2v) is 8.18. The third-order valence-corrected chi connectivity index (χ3v) is 6.25. The zero-order chi connectivity index (χ0) is 20.9. The molecule has 29 heavy (non-hydrogen) atoms. The largest absolute Gasteiger partial charge is 0.354 e. The Morgan fingerprint density at radius 2 is 1.83 bits per heavy atom. The van der Waals surface area contributed by atoms with E-state index in [2.05, 4.69) is 61.9 Å². The van der Waals surface area contributed by atoms with E-state index >= 15 is 0 Å². The lowest BCUT2D eigenvalue weighted by atomic mass is 9.62. The molecule has 2 aromatic carbocycles. The van der Waals surface area contributed by atoms with Crippen LogP contribution in [0.2, 0.25) is 0 Å². The predicted molar refractivity (Wildman–Crippen MR) is 124 cm³/mol. The highest BCUT2D eigenvalue weighted by Gasteiger charge is 2.37. The Bertz CT molecular complexity index is 884. The Balaban J connectivity index is 1.81. The van der Waals surface area contributed by atoms with Crippen molar-refractivity contribution in [1.82, 2.24) is 0 Å². The maximum atomic E-state index is 11.7. The van der Waals surface area contributed by atoms with Gasteiger partial charge in [0.25, 0.3) is 0 Å². The average molecular weight is 389 g/mol. The molecule has 1 aliphatic rings. The molecule has 2 N–H and O–H groups in total. The molecule has 0 heterocycles. The van der Waals surface area contributed by atoms with E-state index in [4.69, 9.17) is 0 Å². The number of amides is 1. The quantitative estimate of drug-likeness (QED) is 0.397. The van der Waals surface area contributed by atoms with Gasteiger partial charge in [0.2, 0.25) is 5.91 Å². The van der Waals surface area contributed by atoms with Gasteiger partial charge in [0.15, 0.2) is 0 Å². The molecule has 1 amide bonds. The summed E-state index contributed by atoms with van der Waals surface area (Å²) in [6.07, 6.45) is 7.12. The minimum absolute atomic E-state index is 0.199. The van der Waals surface area contributed by atoms with Gasteiger partial charge < -0.3 is 10.6 Å². The molecule has 0 saturated heterocycles. The number of carbonyl (C=O) groups is 1. The van der Waals surface area contributed by atoms with Crippen LogP contribution >= 0.6 is 0 Å². The van der Waals surface area contributed by atoms with Crippen molar-refractivity contribution in [3.8, 4) is 0 Å². The van der Waals surface area contributed by atoms with Crippen molar-refractivity contribution in [1.29, 1.82) is 0 Å². The minimum atomic E-state index is -0.220. The smallest absolute Gasteiger partial charge is 0.247 e. The van der Waals surface area contributed by atoms with Crippen molar-refractivity contribution >= 4 is 23.0 Å². The van der Waals surface area contributed by atoms with Crippen LogP contribution < -0.4 is 10.6 Å². The fourth-order valence-corrected chi connectivity index (χ4v) is 4.59. The lowest BCUT2D eigenvalue weighted by Gasteiger charge is -2.42. The van der Waals surface area contributed by atoms with Crippen molar-refractivity contribution in [2.24, 2.45) is 5.92 Å². The maximum absolute atomic E-state index is 11.7. The SMILES string of the molecule is C=CC(=O)Nc1ccccc1Nc1ccc(C2(CC)CC(=C)CC(CC)C2)cc1. The van der Waals surface area contributed by atoms with Crippen LogP contribution in [0, 0.1) is 5.92 Å². The molecule has 3 nitrogen and oxygen atoms in total. The highest BCUT2D eigenvalue weighted by Crippen LogP contribution is 2.47. The summed E-state index contributed by atoms with van der Waals surface area (Å²) in [6.45, 7) is 12.5. The molecule has 0 aromatic heterocycles. The number of para-hydroxylation sites is 2. The number of allylic oxidation sites excluding steroid dienone is 1. The molecule has 2 aromatic rings. The van der Waals surface area contributed by atoms with Crippen LogP contribution in [-0.2, 0) is 10.2 Å². The van der Waals surface area contributed by atoms with E-state index < -0.39 is 0 Å². The average Bonchev–Trinajstić information content (AvgIpc) is 2.74. The van der Waals surface area contributed by atoms with Crippen LogP contribution in [0.25, 0.3) is 0 Å². The number of hydrogen-bond donors (Lipinski definition) is 2. The van der Waals surface area contributed by atoms with E-state index in [0.717, 1.165) is 35.8 Å². The summed E-state index contributed by atoms with van der Waals surface area (Å²) in [5.41, 5.74) is 5.59. The Morgan fingerprint density at radius 1 is 1.14 bits per heavy atom. The molecule has 0 spiro atoms. The van der Waals surface area contributed by atoms with Crippen LogP contribution in [0.4, 0.5) is 17.1 Å². The number of hydrogen-bond acceptors (Lipinski definition) is 2. The highest BCUT2D eigenvalue weighted by atomic mass is 16.1. The van der Waals surface area contributed by atoms with E-state index in [1.54, 1.807) is 0 Å². The molecule has 1 aliphatic carbocycles. The summed E-state index contributed by atoms with van der Waals surface area (Å²) in [5, 5.41) is 6.27. The van der Waals surface area contributed by atoms with Crippen molar-refractivity contribution in [2.45, 2.75) is 51.4 Å². The fourth-order valence-electron chi connectivity index (χ4n) is 4.59. The third kappa shape index (κ3) is 4.79. The van der Waals surface area contributed by atoms with Crippen LogP contribution in [-0.4, -0.2) is 5.91 Å². The molecule has 1 saturated carbocycles. The molecule has 3 heteroatoms. The van der Waals surface area contributed by atoms with E-state index in [9.17, 15) is 4.79 Å². The Kier molecular flexibility index (Phi) is 6.58. The van der Waals surface area contributed by atoms with E-state index in [0.29, 0.717) is 0 Å². The molecule has 0 bridgehead atoms. The zero-order valence-corrected chi connectivity index (χ0v) is 17.6. The first-order valence-corrected chi connectivity index (χ1v) is 10.6. The fraction of sp³-hybridized carbons (Fsp3) is 0.346. The Hall–Kier alpha value is -2.81. The number of benzene rings is 2. The number of nitrogens with one attached hydrogen (secondary N) is 2. The molecule has 152 valence electrons. The molecule has 0 radical (unpaired) electrons. The molecule has 2 unspecified atom stereocenters. The molecular formula is C26H32N2O. The lowest BCUT2D eigenvalue weighted by molar-refractivity contribution is -0.111.